The normalized spacial score (nSPS) is 15.4. The first-order valence-corrected chi connectivity index (χ1v) is 5.79. The zero-order valence-electron chi connectivity index (χ0n) is 9.92. The molecule has 4 heteroatoms. The van der Waals surface area contributed by atoms with E-state index < -0.39 is 0 Å². The first-order valence-electron chi connectivity index (χ1n) is 5.79. The molecule has 2 aromatic rings. The summed E-state index contributed by atoms with van der Waals surface area (Å²) in [5.74, 6) is -0.277. The number of para-hydroxylation sites is 1. The van der Waals surface area contributed by atoms with Gasteiger partial charge in [-0.15, -0.1) is 0 Å². The Labute approximate surface area is 109 Å². The fraction of sp³-hybridized carbons (Fsp3) is 0. The van der Waals surface area contributed by atoms with Gasteiger partial charge in [0.25, 0.3) is 5.91 Å². The Morgan fingerprint density at radius 2 is 1.68 bits per heavy atom. The molecule has 1 aliphatic heterocycles. The Morgan fingerprint density at radius 3 is 2.42 bits per heavy atom. The second-order valence-electron chi connectivity index (χ2n) is 4.34. The van der Waals surface area contributed by atoms with Crippen molar-refractivity contribution in [1.29, 1.82) is 0 Å². The molecule has 19 heavy (non-hydrogen) atoms. The Balaban J connectivity index is 2.11. The Hall–Kier alpha value is -2.75. The third-order valence-corrected chi connectivity index (χ3v) is 2.95. The van der Waals surface area contributed by atoms with Gasteiger partial charge in [-0.1, -0.05) is 18.2 Å². The molecular formula is C15H11NO3. The molecule has 1 amide bonds. The number of rotatable bonds is 1. The SMILES string of the molecule is O=C1Nc2ccccc2/C1=C\c1cc(O)cc(O)c1. The van der Waals surface area contributed by atoms with E-state index in [1.807, 2.05) is 24.3 Å². The highest BCUT2D eigenvalue weighted by Crippen LogP contribution is 2.33. The summed E-state index contributed by atoms with van der Waals surface area (Å²) in [6.45, 7) is 0. The lowest BCUT2D eigenvalue weighted by Crippen LogP contribution is -2.03. The van der Waals surface area contributed by atoms with E-state index >= 15 is 0 Å². The van der Waals surface area contributed by atoms with Crippen LogP contribution in [0.1, 0.15) is 11.1 Å². The summed E-state index contributed by atoms with van der Waals surface area (Å²) in [6.07, 6.45) is 1.64. The molecule has 0 spiro atoms. The molecule has 0 bridgehead atoms. The van der Waals surface area contributed by atoms with Crippen LogP contribution in [0.15, 0.2) is 42.5 Å². The first kappa shape index (κ1) is 11.3. The van der Waals surface area contributed by atoms with Gasteiger partial charge in [0.05, 0.1) is 0 Å². The first-order chi connectivity index (χ1) is 9.13. The summed E-state index contributed by atoms with van der Waals surface area (Å²) < 4.78 is 0. The van der Waals surface area contributed by atoms with Crippen LogP contribution < -0.4 is 5.32 Å². The summed E-state index contributed by atoms with van der Waals surface area (Å²) in [4.78, 5) is 11.9. The van der Waals surface area contributed by atoms with E-state index in [1.54, 1.807) is 6.08 Å². The van der Waals surface area contributed by atoms with E-state index in [-0.39, 0.29) is 17.4 Å². The van der Waals surface area contributed by atoms with Gasteiger partial charge >= 0.3 is 0 Å². The maximum absolute atomic E-state index is 11.9. The number of phenols is 2. The smallest absolute Gasteiger partial charge is 0.256 e. The number of carbonyl (C=O) groups is 1. The average molecular weight is 253 g/mol. The van der Waals surface area contributed by atoms with Gasteiger partial charge in [0.2, 0.25) is 0 Å². The van der Waals surface area contributed by atoms with Crippen molar-refractivity contribution in [3.63, 3.8) is 0 Å². The molecule has 0 saturated heterocycles. The average Bonchev–Trinajstić information content (AvgIpc) is 2.65. The maximum Gasteiger partial charge on any atom is 0.256 e. The number of nitrogens with one attached hydrogen (secondary N) is 1. The van der Waals surface area contributed by atoms with Crippen molar-refractivity contribution < 1.29 is 15.0 Å². The van der Waals surface area contributed by atoms with Crippen LogP contribution in [0.5, 0.6) is 11.5 Å². The van der Waals surface area contributed by atoms with Gasteiger partial charge in [-0.3, -0.25) is 4.79 Å². The molecule has 1 aliphatic rings. The molecule has 0 saturated carbocycles. The monoisotopic (exact) mass is 253 g/mol. The molecule has 0 unspecified atom stereocenters. The Kier molecular flexibility index (Phi) is 2.49. The maximum atomic E-state index is 11.9. The number of aromatic hydroxyl groups is 2. The highest BCUT2D eigenvalue weighted by molar-refractivity contribution is 6.34. The molecule has 0 atom stereocenters. The summed E-state index contributed by atoms with van der Waals surface area (Å²) in [7, 11) is 0. The van der Waals surface area contributed by atoms with Crippen LogP contribution in [0.4, 0.5) is 5.69 Å². The number of hydrogen-bond acceptors (Lipinski definition) is 3. The van der Waals surface area contributed by atoms with E-state index in [0.29, 0.717) is 11.1 Å². The molecule has 0 aromatic heterocycles. The summed E-state index contributed by atoms with van der Waals surface area (Å²) in [5.41, 5.74) is 2.67. The molecule has 0 radical (unpaired) electrons. The van der Waals surface area contributed by atoms with Gasteiger partial charge in [-0.05, 0) is 29.8 Å². The largest absolute Gasteiger partial charge is 0.508 e. The van der Waals surface area contributed by atoms with Crippen LogP contribution in [0.25, 0.3) is 11.6 Å². The number of carbonyl (C=O) groups excluding carboxylic acids is 1. The fourth-order valence-electron chi connectivity index (χ4n) is 2.15. The van der Waals surface area contributed by atoms with E-state index in [9.17, 15) is 15.0 Å². The van der Waals surface area contributed by atoms with Crippen LogP contribution in [0.3, 0.4) is 0 Å². The minimum atomic E-state index is -0.191. The lowest BCUT2D eigenvalue weighted by atomic mass is 10.0. The number of benzene rings is 2. The van der Waals surface area contributed by atoms with Crippen molar-refractivity contribution in [2.75, 3.05) is 5.32 Å². The van der Waals surface area contributed by atoms with Crippen molar-refractivity contribution in [3.8, 4) is 11.5 Å². The minimum Gasteiger partial charge on any atom is -0.508 e. The molecule has 3 rings (SSSR count). The zero-order chi connectivity index (χ0) is 13.4. The summed E-state index contributed by atoms with van der Waals surface area (Å²) in [5, 5.41) is 21.6. The lowest BCUT2D eigenvalue weighted by Gasteiger charge is -2.00. The van der Waals surface area contributed by atoms with Crippen LogP contribution in [-0.2, 0) is 4.79 Å². The van der Waals surface area contributed by atoms with Crippen LogP contribution in [0.2, 0.25) is 0 Å². The molecule has 3 N–H and O–H groups in total. The van der Waals surface area contributed by atoms with Crippen molar-refractivity contribution in [2.24, 2.45) is 0 Å². The molecule has 2 aromatic carbocycles. The van der Waals surface area contributed by atoms with Crippen LogP contribution in [-0.4, -0.2) is 16.1 Å². The predicted octanol–water partition coefficient (Wildman–Crippen LogP) is 2.59. The summed E-state index contributed by atoms with van der Waals surface area (Å²) >= 11 is 0. The van der Waals surface area contributed by atoms with Crippen molar-refractivity contribution in [1.82, 2.24) is 0 Å². The molecular weight excluding hydrogens is 242 g/mol. The van der Waals surface area contributed by atoms with E-state index in [1.165, 1.54) is 18.2 Å². The van der Waals surface area contributed by atoms with Crippen molar-refractivity contribution >= 4 is 23.2 Å². The van der Waals surface area contributed by atoms with Crippen LogP contribution >= 0.6 is 0 Å². The number of anilines is 1. The number of amides is 1. The van der Waals surface area contributed by atoms with Crippen LogP contribution in [0, 0.1) is 0 Å². The second-order valence-corrected chi connectivity index (χ2v) is 4.34. The molecule has 1 heterocycles. The Morgan fingerprint density at radius 1 is 1.00 bits per heavy atom. The Bertz CT molecular complexity index is 684. The minimum absolute atomic E-state index is 0.0430. The van der Waals surface area contributed by atoms with E-state index in [2.05, 4.69) is 5.32 Å². The number of phenolic OH excluding ortho intramolecular Hbond substituents is 2. The molecule has 4 nitrogen and oxygen atoms in total. The van der Waals surface area contributed by atoms with E-state index in [0.717, 1.165) is 11.3 Å². The molecule has 0 aliphatic carbocycles. The van der Waals surface area contributed by atoms with Gasteiger partial charge in [-0.2, -0.15) is 0 Å². The van der Waals surface area contributed by atoms with Crippen molar-refractivity contribution in [3.05, 3.63) is 53.6 Å². The highest BCUT2D eigenvalue weighted by Gasteiger charge is 2.23. The van der Waals surface area contributed by atoms with Gasteiger partial charge in [0.15, 0.2) is 0 Å². The molecule has 94 valence electrons. The number of fused-ring (bicyclic) bond motifs is 1. The second kappa shape index (κ2) is 4.17. The van der Waals surface area contributed by atoms with Gasteiger partial charge in [0.1, 0.15) is 11.5 Å². The standard InChI is InChI=1S/C15H11NO3/c17-10-5-9(6-11(18)8-10)7-13-12-3-1-2-4-14(12)16-15(13)19/h1-8,17-18H,(H,16,19)/b13-7+. The summed E-state index contributed by atoms with van der Waals surface area (Å²) in [6, 6.07) is 11.6. The molecule has 0 fully saturated rings. The topological polar surface area (TPSA) is 69.6 Å². The quantitative estimate of drug-likeness (QED) is 0.684. The third kappa shape index (κ3) is 2.04. The predicted molar refractivity (Wildman–Crippen MR) is 72.7 cm³/mol. The highest BCUT2D eigenvalue weighted by atomic mass is 16.3. The van der Waals surface area contributed by atoms with Gasteiger partial charge in [0, 0.05) is 22.9 Å². The van der Waals surface area contributed by atoms with E-state index in [4.69, 9.17) is 0 Å². The van der Waals surface area contributed by atoms with Gasteiger partial charge in [-0.25, -0.2) is 0 Å². The third-order valence-electron chi connectivity index (χ3n) is 2.95. The lowest BCUT2D eigenvalue weighted by molar-refractivity contribution is -0.110. The van der Waals surface area contributed by atoms with Crippen molar-refractivity contribution in [2.45, 2.75) is 0 Å². The van der Waals surface area contributed by atoms with Gasteiger partial charge < -0.3 is 15.5 Å². The number of hydrogen-bond donors (Lipinski definition) is 3. The zero-order valence-corrected chi connectivity index (χ0v) is 9.92. The fourth-order valence-corrected chi connectivity index (χ4v) is 2.15.